The van der Waals surface area contributed by atoms with Gasteiger partial charge in [-0.1, -0.05) is 0 Å². The van der Waals surface area contributed by atoms with E-state index < -0.39 is 11.9 Å². The van der Waals surface area contributed by atoms with Crippen LogP contribution in [0.1, 0.15) is 11.4 Å². The Hall–Kier alpha value is -2.58. The van der Waals surface area contributed by atoms with Crippen molar-refractivity contribution in [1.29, 1.82) is 0 Å². The average molecular weight is 282 g/mol. The molecule has 0 spiro atoms. The Bertz CT molecular complexity index is 715. The van der Waals surface area contributed by atoms with Gasteiger partial charge in [0.05, 0.1) is 12.2 Å². The summed E-state index contributed by atoms with van der Waals surface area (Å²) in [6, 6.07) is 2.72. The first-order valence-electron chi connectivity index (χ1n) is 5.68. The summed E-state index contributed by atoms with van der Waals surface area (Å²) in [6.07, 6.45) is -0.139. The maximum absolute atomic E-state index is 12.6. The molecule has 3 heterocycles. The van der Waals surface area contributed by atoms with Crippen LogP contribution in [0.5, 0.6) is 0 Å². The minimum Gasteiger partial charge on any atom is -0.363 e. The number of fused-ring (bicyclic) bond motifs is 1. The van der Waals surface area contributed by atoms with Gasteiger partial charge in [-0.15, -0.1) is 0 Å². The van der Waals surface area contributed by atoms with Gasteiger partial charge in [-0.3, -0.25) is 5.10 Å². The highest BCUT2D eigenvalue weighted by Gasteiger charge is 2.34. The van der Waals surface area contributed by atoms with E-state index in [2.05, 4.69) is 25.6 Å². The predicted octanol–water partition coefficient (Wildman–Crippen LogP) is 2.08. The van der Waals surface area contributed by atoms with E-state index in [4.69, 9.17) is 0 Å². The fourth-order valence-corrected chi connectivity index (χ4v) is 1.76. The highest BCUT2D eigenvalue weighted by Crippen LogP contribution is 2.30. The molecule has 20 heavy (non-hydrogen) atoms. The Morgan fingerprint density at radius 1 is 1.30 bits per heavy atom. The predicted molar refractivity (Wildman–Crippen MR) is 63.9 cm³/mol. The van der Waals surface area contributed by atoms with Gasteiger partial charge < -0.3 is 5.32 Å². The molecule has 3 aromatic rings. The highest BCUT2D eigenvalue weighted by atomic mass is 19.4. The van der Waals surface area contributed by atoms with E-state index in [-0.39, 0.29) is 5.52 Å². The molecule has 0 fully saturated rings. The minimum absolute atomic E-state index is 0.263. The van der Waals surface area contributed by atoms with E-state index in [1.54, 1.807) is 12.3 Å². The second kappa shape index (κ2) is 4.51. The third-order valence-electron chi connectivity index (χ3n) is 2.68. The molecule has 3 rings (SSSR count). The van der Waals surface area contributed by atoms with Crippen molar-refractivity contribution in [3.63, 3.8) is 0 Å². The molecule has 6 nitrogen and oxygen atoms in total. The summed E-state index contributed by atoms with van der Waals surface area (Å²) in [5.74, 6) is 0.324. The lowest BCUT2D eigenvalue weighted by molar-refractivity contribution is -0.141. The van der Waals surface area contributed by atoms with Gasteiger partial charge in [-0.2, -0.15) is 23.4 Å². The van der Waals surface area contributed by atoms with Gasteiger partial charge in [0.25, 0.3) is 0 Å². The average Bonchev–Trinajstić information content (AvgIpc) is 3.04. The zero-order valence-corrected chi connectivity index (χ0v) is 10.0. The van der Waals surface area contributed by atoms with Gasteiger partial charge in [-0.05, 0) is 6.07 Å². The summed E-state index contributed by atoms with van der Waals surface area (Å²) in [4.78, 5) is 4.03. The Morgan fingerprint density at radius 2 is 2.15 bits per heavy atom. The van der Waals surface area contributed by atoms with Crippen molar-refractivity contribution >= 4 is 11.3 Å². The second-order valence-corrected chi connectivity index (χ2v) is 4.07. The molecule has 0 unspecified atom stereocenters. The van der Waals surface area contributed by atoms with Gasteiger partial charge in [0, 0.05) is 24.7 Å². The van der Waals surface area contributed by atoms with Crippen LogP contribution in [0.3, 0.4) is 0 Å². The van der Waals surface area contributed by atoms with Crippen LogP contribution in [0.2, 0.25) is 0 Å². The summed E-state index contributed by atoms with van der Waals surface area (Å²) in [6.45, 7) is 0.374. The molecular weight excluding hydrogens is 273 g/mol. The molecule has 0 aliphatic heterocycles. The van der Waals surface area contributed by atoms with Crippen molar-refractivity contribution < 1.29 is 13.2 Å². The van der Waals surface area contributed by atoms with E-state index in [1.807, 2.05) is 0 Å². The van der Waals surface area contributed by atoms with E-state index in [0.717, 1.165) is 16.3 Å². The zero-order chi connectivity index (χ0) is 14.2. The van der Waals surface area contributed by atoms with Gasteiger partial charge in [-0.25, -0.2) is 9.50 Å². The topological polar surface area (TPSA) is 70.9 Å². The first-order valence-corrected chi connectivity index (χ1v) is 5.68. The third kappa shape index (κ3) is 2.29. The monoisotopic (exact) mass is 282 g/mol. The normalized spacial score (nSPS) is 11.9. The molecule has 3 aromatic heterocycles. The first kappa shape index (κ1) is 12.5. The van der Waals surface area contributed by atoms with Crippen LogP contribution in [-0.4, -0.2) is 24.8 Å². The van der Waals surface area contributed by atoms with Crippen LogP contribution in [0.15, 0.2) is 30.7 Å². The molecular formula is C11H9F3N6. The number of rotatable bonds is 3. The molecule has 0 saturated heterocycles. The number of H-pyrrole nitrogens is 1. The number of aromatic nitrogens is 5. The van der Waals surface area contributed by atoms with Crippen molar-refractivity contribution in [3.8, 4) is 0 Å². The molecule has 0 aromatic carbocycles. The van der Waals surface area contributed by atoms with E-state index >= 15 is 0 Å². The van der Waals surface area contributed by atoms with Gasteiger partial charge in [0.2, 0.25) is 0 Å². The Labute approximate surface area is 110 Å². The summed E-state index contributed by atoms with van der Waals surface area (Å²) in [5.41, 5.74) is 0.110. The number of halogens is 3. The fourth-order valence-electron chi connectivity index (χ4n) is 1.76. The van der Waals surface area contributed by atoms with E-state index in [1.165, 1.54) is 12.4 Å². The van der Waals surface area contributed by atoms with Gasteiger partial charge in [0.1, 0.15) is 5.52 Å². The van der Waals surface area contributed by atoms with Crippen molar-refractivity contribution in [2.45, 2.75) is 12.7 Å². The van der Waals surface area contributed by atoms with Crippen LogP contribution in [0, 0.1) is 0 Å². The molecule has 0 aliphatic rings. The number of nitrogens with one attached hydrogen (secondary N) is 2. The van der Waals surface area contributed by atoms with E-state index in [9.17, 15) is 13.2 Å². The SMILES string of the molecule is FC(F)(F)c1cc2c(NCc3ccn[nH]3)nccn2n1. The Kier molecular flexibility index (Phi) is 2.81. The lowest BCUT2D eigenvalue weighted by Crippen LogP contribution is -2.05. The molecule has 0 radical (unpaired) electrons. The fraction of sp³-hybridized carbons (Fsp3) is 0.182. The third-order valence-corrected chi connectivity index (χ3v) is 2.68. The van der Waals surface area contributed by atoms with Crippen molar-refractivity contribution in [2.75, 3.05) is 5.32 Å². The largest absolute Gasteiger partial charge is 0.435 e. The Morgan fingerprint density at radius 3 is 2.85 bits per heavy atom. The van der Waals surface area contributed by atoms with Crippen molar-refractivity contribution in [2.24, 2.45) is 0 Å². The number of hydrogen-bond acceptors (Lipinski definition) is 4. The molecule has 0 aliphatic carbocycles. The van der Waals surface area contributed by atoms with Crippen LogP contribution < -0.4 is 5.32 Å². The van der Waals surface area contributed by atoms with Crippen LogP contribution >= 0.6 is 0 Å². The minimum atomic E-state index is -4.48. The number of nitrogens with zero attached hydrogens (tertiary/aromatic N) is 4. The second-order valence-electron chi connectivity index (χ2n) is 4.07. The number of aromatic amines is 1. The summed E-state index contributed by atoms with van der Waals surface area (Å²) in [5, 5.41) is 12.9. The molecule has 104 valence electrons. The number of anilines is 1. The smallest absolute Gasteiger partial charge is 0.363 e. The van der Waals surface area contributed by atoms with Gasteiger partial charge >= 0.3 is 6.18 Å². The quantitative estimate of drug-likeness (QED) is 0.771. The molecule has 0 amide bonds. The summed E-state index contributed by atoms with van der Waals surface area (Å²) in [7, 11) is 0. The lowest BCUT2D eigenvalue weighted by Gasteiger charge is -2.04. The standard InChI is InChI=1S/C11H9F3N6/c12-11(13,14)9-5-8-10(15-3-4-20(8)19-9)16-6-7-1-2-17-18-7/h1-5H,6H2,(H,15,16)(H,17,18). The molecule has 0 atom stereocenters. The van der Waals surface area contributed by atoms with E-state index in [0.29, 0.717) is 12.4 Å². The zero-order valence-electron chi connectivity index (χ0n) is 10.0. The van der Waals surface area contributed by atoms with Crippen LogP contribution in [0.25, 0.3) is 5.52 Å². The molecule has 2 N–H and O–H groups in total. The molecule has 0 saturated carbocycles. The Balaban J connectivity index is 1.92. The number of hydrogen-bond donors (Lipinski definition) is 2. The molecule has 9 heteroatoms. The summed E-state index contributed by atoms with van der Waals surface area (Å²) >= 11 is 0. The maximum atomic E-state index is 12.6. The van der Waals surface area contributed by atoms with Crippen LogP contribution in [-0.2, 0) is 12.7 Å². The van der Waals surface area contributed by atoms with Crippen LogP contribution in [0.4, 0.5) is 19.0 Å². The molecule has 0 bridgehead atoms. The lowest BCUT2D eigenvalue weighted by atomic mass is 10.3. The van der Waals surface area contributed by atoms with Crippen molar-refractivity contribution in [1.82, 2.24) is 24.8 Å². The first-order chi connectivity index (χ1) is 9.54. The summed E-state index contributed by atoms with van der Waals surface area (Å²) < 4.78 is 39.1. The number of alkyl halides is 3. The maximum Gasteiger partial charge on any atom is 0.435 e. The van der Waals surface area contributed by atoms with Crippen molar-refractivity contribution in [3.05, 3.63) is 42.1 Å². The van der Waals surface area contributed by atoms with Gasteiger partial charge in [0.15, 0.2) is 11.5 Å². The highest BCUT2D eigenvalue weighted by molar-refractivity contribution is 5.67.